The predicted molar refractivity (Wildman–Crippen MR) is 74.2 cm³/mol. The number of halogens is 3. The van der Waals surface area contributed by atoms with Gasteiger partial charge in [-0.05, 0) is 23.3 Å². The van der Waals surface area contributed by atoms with E-state index in [-0.39, 0.29) is 11.5 Å². The lowest BCUT2D eigenvalue weighted by molar-refractivity contribution is -0.137. The van der Waals surface area contributed by atoms with Crippen LogP contribution in [0.15, 0.2) is 53.5 Å². The van der Waals surface area contributed by atoms with Gasteiger partial charge in [-0.2, -0.15) is 13.2 Å². The van der Waals surface area contributed by atoms with Crippen LogP contribution in [0.4, 0.5) is 13.2 Å². The maximum Gasteiger partial charge on any atom is 0.417 e. The van der Waals surface area contributed by atoms with Crippen LogP contribution < -0.4 is 0 Å². The van der Waals surface area contributed by atoms with Crippen molar-refractivity contribution >= 4 is 5.90 Å². The maximum absolute atomic E-state index is 13.3. The summed E-state index contributed by atoms with van der Waals surface area (Å²) < 4.78 is 45.2. The molecule has 0 bridgehead atoms. The Kier molecular flexibility index (Phi) is 3.41. The van der Waals surface area contributed by atoms with Gasteiger partial charge in [-0.25, -0.2) is 4.99 Å². The Labute approximate surface area is 119 Å². The Morgan fingerprint density at radius 2 is 1.71 bits per heavy atom. The fraction of sp³-hybridized carbons (Fsp3) is 0.188. The lowest BCUT2D eigenvalue weighted by Gasteiger charge is -2.14. The Hall–Kier alpha value is -2.30. The van der Waals surface area contributed by atoms with E-state index >= 15 is 0 Å². The zero-order valence-corrected chi connectivity index (χ0v) is 11.0. The van der Waals surface area contributed by atoms with Gasteiger partial charge in [0, 0.05) is 5.56 Å². The molecule has 0 aromatic heterocycles. The molecule has 0 saturated heterocycles. The van der Waals surface area contributed by atoms with Gasteiger partial charge in [0.1, 0.15) is 6.61 Å². The van der Waals surface area contributed by atoms with Crippen LogP contribution in [0.5, 0.6) is 0 Å². The third-order valence-electron chi connectivity index (χ3n) is 3.24. The highest BCUT2D eigenvalue weighted by atomic mass is 19.4. The standard InChI is InChI=1S/C16H12F3NO/c17-16(18,19)14-10-12(15-20-8-9-21-15)6-7-13(14)11-4-2-1-3-5-11/h1-7,10H,8-9H2. The molecule has 0 atom stereocenters. The van der Waals surface area contributed by atoms with Gasteiger partial charge in [-0.3, -0.25) is 0 Å². The van der Waals surface area contributed by atoms with E-state index in [1.54, 1.807) is 36.4 Å². The van der Waals surface area contributed by atoms with Crippen LogP contribution >= 0.6 is 0 Å². The van der Waals surface area contributed by atoms with E-state index in [9.17, 15) is 13.2 Å². The largest absolute Gasteiger partial charge is 0.476 e. The predicted octanol–water partition coefficient (Wildman–Crippen LogP) is 4.15. The van der Waals surface area contributed by atoms with E-state index in [0.717, 1.165) is 6.07 Å². The van der Waals surface area contributed by atoms with Gasteiger partial charge in [0.2, 0.25) is 5.90 Å². The minimum absolute atomic E-state index is 0.158. The molecule has 0 amide bonds. The Bertz CT molecular complexity index is 678. The molecule has 0 saturated carbocycles. The number of benzene rings is 2. The summed E-state index contributed by atoms with van der Waals surface area (Å²) in [6.07, 6.45) is -4.43. The van der Waals surface area contributed by atoms with E-state index in [4.69, 9.17) is 4.74 Å². The van der Waals surface area contributed by atoms with Gasteiger partial charge >= 0.3 is 6.18 Å². The first-order valence-corrected chi connectivity index (χ1v) is 6.50. The lowest BCUT2D eigenvalue weighted by Crippen LogP contribution is -2.10. The summed E-state index contributed by atoms with van der Waals surface area (Å²) in [5, 5.41) is 0. The first kappa shape index (κ1) is 13.7. The molecule has 2 aromatic carbocycles. The van der Waals surface area contributed by atoms with Crippen LogP contribution in [0, 0.1) is 0 Å². The molecule has 0 N–H and O–H groups in total. The molecule has 21 heavy (non-hydrogen) atoms. The number of ether oxygens (including phenoxy) is 1. The van der Waals surface area contributed by atoms with Crippen molar-refractivity contribution in [2.45, 2.75) is 6.18 Å². The quantitative estimate of drug-likeness (QED) is 0.814. The van der Waals surface area contributed by atoms with Gasteiger partial charge in [-0.1, -0.05) is 36.4 Å². The molecule has 0 radical (unpaired) electrons. The molecule has 2 nitrogen and oxygen atoms in total. The average Bonchev–Trinajstić information content (AvgIpc) is 3.01. The van der Waals surface area contributed by atoms with Gasteiger partial charge in [0.25, 0.3) is 0 Å². The van der Waals surface area contributed by atoms with Crippen LogP contribution in [0.1, 0.15) is 11.1 Å². The second kappa shape index (κ2) is 5.24. The van der Waals surface area contributed by atoms with Gasteiger partial charge in [-0.15, -0.1) is 0 Å². The Morgan fingerprint density at radius 1 is 0.952 bits per heavy atom. The minimum Gasteiger partial charge on any atom is -0.476 e. The molecule has 0 aliphatic carbocycles. The fourth-order valence-electron chi connectivity index (χ4n) is 2.29. The second-order valence-electron chi connectivity index (χ2n) is 4.66. The summed E-state index contributed by atoms with van der Waals surface area (Å²) >= 11 is 0. The summed E-state index contributed by atoms with van der Waals surface area (Å²) in [7, 11) is 0. The van der Waals surface area contributed by atoms with Gasteiger partial charge in [0.15, 0.2) is 0 Å². The van der Waals surface area contributed by atoms with Crippen molar-refractivity contribution in [2.75, 3.05) is 13.2 Å². The first-order chi connectivity index (χ1) is 10.1. The summed E-state index contributed by atoms with van der Waals surface area (Å²) in [5.74, 6) is 0.278. The van der Waals surface area contributed by atoms with E-state index in [1.807, 2.05) is 0 Å². The lowest BCUT2D eigenvalue weighted by atomic mass is 9.97. The summed E-state index contributed by atoms with van der Waals surface area (Å²) in [4.78, 5) is 4.06. The summed E-state index contributed by atoms with van der Waals surface area (Å²) in [5.41, 5.74) is 0.375. The van der Waals surface area contributed by atoms with E-state index in [1.165, 1.54) is 6.07 Å². The fourth-order valence-corrected chi connectivity index (χ4v) is 2.29. The molecule has 1 aliphatic rings. The number of rotatable bonds is 2. The molecule has 0 fully saturated rings. The molecule has 2 aromatic rings. The molecule has 3 rings (SSSR count). The van der Waals surface area contributed by atoms with Crippen LogP contribution in [0.25, 0.3) is 11.1 Å². The molecule has 0 unspecified atom stereocenters. The topological polar surface area (TPSA) is 21.6 Å². The van der Waals surface area contributed by atoms with Crippen molar-refractivity contribution in [1.29, 1.82) is 0 Å². The number of alkyl halides is 3. The number of nitrogens with zero attached hydrogens (tertiary/aromatic N) is 1. The number of hydrogen-bond donors (Lipinski definition) is 0. The normalized spacial score (nSPS) is 14.7. The number of hydrogen-bond acceptors (Lipinski definition) is 2. The van der Waals surface area contributed by atoms with E-state index in [0.29, 0.717) is 24.3 Å². The molecule has 0 spiro atoms. The monoisotopic (exact) mass is 291 g/mol. The summed E-state index contributed by atoms with van der Waals surface area (Å²) in [6.45, 7) is 0.897. The molecule has 1 aliphatic heterocycles. The molecule has 1 heterocycles. The van der Waals surface area contributed by atoms with Crippen molar-refractivity contribution in [3.8, 4) is 11.1 Å². The third kappa shape index (κ3) is 2.77. The zero-order valence-electron chi connectivity index (χ0n) is 11.0. The zero-order chi connectivity index (χ0) is 14.9. The highest BCUT2D eigenvalue weighted by Gasteiger charge is 2.34. The Morgan fingerprint density at radius 3 is 2.33 bits per heavy atom. The average molecular weight is 291 g/mol. The molecular weight excluding hydrogens is 279 g/mol. The highest BCUT2D eigenvalue weighted by molar-refractivity contribution is 5.95. The minimum atomic E-state index is -4.43. The summed E-state index contributed by atoms with van der Waals surface area (Å²) in [6, 6.07) is 12.7. The molecule has 108 valence electrons. The molecule has 5 heteroatoms. The van der Waals surface area contributed by atoms with Crippen molar-refractivity contribution < 1.29 is 17.9 Å². The van der Waals surface area contributed by atoms with Crippen LogP contribution in [-0.4, -0.2) is 19.0 Å². The van der Waals surface area contributed by atoms with Crippen molar-refractivity contribution in [3.05, 3.63) is 59.7 Å². The third-order valence-corrected chi connectivity index (χ3v) is 3.24. The molecular formula is C16H12F3NO. The Balaban J connectivity index is 2.13. The van der Waals surface area contributed by atoms with Crippen LogP contribution in [-0.2, 0) is 10.9 Å². The van der Waals surface area contributed by atoms with Crippen LogP contribution in [0.3, 0.4) is 0 Å². The number of aliphatic imine (C=N–C) groups is 1. The van der Waals surface area contributed by atoms with Crippen LogP contribution in [0.2, 0.25) is 0 Å². The van der Waals surface area contributed by atoms with Gasteiger partial charge in [0.05, 0.1) is 12.1 Å². The first-order valence-electron chi connectivity index (χ1n) is 6.50. The van der Waals surface area contributed by atoms with E-state index in [2.05, 4.69) is 4.99 Å². The van der Waals surface area contributed by atoms with Crippen molar-refractivity contribution in [1.82, 2.24) is 0 Å². The second-order valence-corrected chi connectivity index (χ2v) is 4.66. The highest BCUT2D eigenvalue weighted by Crippen LogP contribution is 2.37. The van der Waals surface area contributed by atoms with Crippen molar-refractivity contribution in [3.63, 3.8) is 0 Å². The van der Waals surface area contributed by atoms with Gasteiger partial charge < -0.3 is 4.74 Å². The smallest absolute Gasteiger partial charge is 0.417 e. The van der Waals surface area contributed by atoms with E-state index < -0.39 is 11.7 Å². The maximum atomic E-state index is 13.3. The van der Waals surface area contributed by atoms with Crippen molar-refractivity contribution in [2.24, 2.45) is 4.99 Å². The SMILES string of the molecule is FC(F)(F)c1cc(C2=NCCO2)ccc1-c1ccccc1.